The number of aryl methyl sites for hydroxylation is 1. The lowest BCUT2D eigenvalue weighted by molar-refractivity contribution is 1.00. The minimum absolute atomic E-state index is 1.09. The number of rotatable bonds is 4. The van der Waals surface area contributed by atoms with Gasteiger partial charge in [0.25, 0.3) is 0 Å². The molecule has 1 aliphatic carbocycles. The Morgan fingerprint density at radius 2 is 0.939 bits per heavy atom. The van der Waals surface area contributed by atoms with Gasteiger partial charge in [-0.3, -0.25) is 0 Å². The van der Waals surface area contributed by atoms with Gasteiger partial charge in [0.05, 0.1) is 11.0 Å². The first-order valence-electron chi connectivity index (χ1n) is 17.2. The minimum atomic E-state index is 1.09. The molecule has 0 saturated carbocycles. The number of hydrogen-bond acceptors (Lipinski definition) is 0. The summed E-state index contributed by atoms with van der Waals surface area (Å²) in [6, 6.07) is 60.3. The summed E-state index contributed by atoms with van der Waals surface area (Å²) in [6.45, 7) is 0. The van der Waals surface area contributed by atoms with E-state index in [4.69, 9.17) is 0 Å². The predicted octanol–water partition coefficient (Wildman–Crippen LogP) is 13.1. The van der Waals surface area contributed by atoms with Gasteiger partial charge < -0.3 is 4.57 Å². The Labute approximate surface area is 286 Å². The third-order valence-corrected chi connectivity index (χ3v) is 10.4. The second-order valence-corrected chi connectivity index (χ2v) is 13.2. The molecule has 1 heterocycles. The van der Waals surface area contributed by atoms with Crippen LogP contribution in [0.5, 0.6) is 0 Å². The molecule has 0 aliphatic heterocycles. The molecule has 0 amide bonds. The highest BCUT2D eigenvalue weighted by atomic mass is 15.0. The number of aromatic nitrogens is 1. The van der Waals surface area contributed by atoms with Crippen LogP contribution in [0.4, 0.5) is 0 Å². The maximum Gasteiger partial charge on any atom is 0.0541 e. The average Bonchev–Trinajstić information content (AvgIpc) is 3.52. The van der Waals surface area contributed by atoms with E-state index < -0.39 is 0 Å². The van der Waals surface area contributed by atoms with Gasteiger partial charge in [-0.25, -0.2) is 0 Å². The van der Waals surface area contributed by atoms with Crippen LogP contribution in [0.25, 0.3) is 88.5 Å². The highest BCUT2D eigenvalue weighted by molar-refractivity contribution is 6.15. The summed E-state index contributed by atoms with van der Waals surface area (Å²) in [5.41, 5.74) is 13.8. The van der Waals surface area contributed by atoms with Crippen LogP contribution < -0.4 is 0 Å². The zero-order chi connectivity index (χ0) is 32.3. The van der Waals surface area contributed by atoms with Gasteiger partial charge in [-0.1, -0.05) is 133 Å². The van der Waals surface area contributed by atoms with Gasteiger partial charge in [-0.05, 0) is 121 Å². The summed E-state index contributed by atoms with van der Waals surface area (Å²) >= 11 is 0. The molecule has 0 atom stereocenters. The Balaban J connectivity index is 1.19. The highest BCUT2D eigenvalue weighted by Gasteiger charge is 2.18. The average molecular weight is 624 g/mol. The van der Waals surface area contributed by atoms with Gasteiger partial charge in [0.2, 0.25) is 0 Å². The molecule has 0 bridgehead atoms. The van der Waals surface area contributed by atoms with Crippen molar-refractivity contribution in [3.05, 3.63) is 181 Å². The standard InChI is InChI=1S/C48H33N/c1-3-13-32(14-4-1)36-27-37(33-15-5-2-6-16-33)29-38(28-36)49-47-22-12-11-21-44(47)46-31-35(24-26-48(46)49)34-23-25-43-41-19-8-7-17-39(41)40-18-9-10-20-42(40)45(43)30-34/h1-8,10-17,19-31H,9,18H2. The second-order valence-electron chi connectivity index (χ2n) is 13.2. The number of para-hydroxylation sites is 1. The maximum absolute atomic E-state index is 2.45. The summed E-state index contributed by atoms with van der Waals surface area (Å²) < 4.78 is 2.45. The first kappa shape index (κ1) is 27.9. The van der Waals surface area contributed by atoms with E-state index in [9.17, 15) is 0 Å². The number of benzene rings is 8. The molecule has 1 aromatic heterocycles. The van der Waals surface area contributed by atoms with Crippen LogP contribution in [0.2, 0.25) is 0 Å². The normalized spacial score (nSPS) is 12.7. The number of hydrogen-bond donors (Lipinski definition) is 0. The number of nitrogens with zero attached hydrogens (tertiary/aromatic N) is 1. The summed E-state index contributed by atoms with van der Waals surface area (Å²) in [5, 5.41) is 7.94. The van der Waals surface area contributed by atoms with Crippen LogP contribution in [0.3, 0.4) is 0 Å². The van der Waals surface area contributed by atoms with E-state index in [2.05, 4.69) is 181 Å². The fraction of sp³-hybridized carbons (Fsp3) is 0.0417. The third-order valence-electron chi connectivity index (χ3n) is 10.4. The molecule has 1 aliphatic rings. The van der Waals surface area contributed by atoms with Gasteiger partial charge in [-0.15, -0.1) is 0 Å². The molecule has 9 aromatic rings. The molecule has 0 N–H and O–H groups in total. The van der Waals surface area contributed by atoms with Crippen LogP contribution in [0, 0.1) is 0 Å². The molecule has 0 fully saturated rings. The van der Waals surface area contributed by atoms with E-state index in [0.29, 0.717) is 0 Å². The van der Waals surface area contributed by atoms with Crippen LogP contribution in [0.15, 0.2) is 170 Å². The second kappa shape index (κ2) is 11.2. The van der Waals surface area contributed by atoms with E-state index >= 15 is 0 Å². The molecule has 0 unspecified atom stereocenters. The molecule has 8 aromatic carbocycles. The summed E-state index contributed by atoms with van der Waals surface area (Å²) in [6.07, 6.45) is 6.88. The Kier molecular flexibility index (Phi) is 6.38. The Morgan fingerprint density at radius 3 is 1.67 bits per heavy atom. The van der Waals surface area contributed by atoms with Crippen LogP contribution in [-0.4, -0.2) is 4.57 Å². The molecular weight excluding hydrogens is 591 g/mol. The SMILES string of the molecule is C1=Cc2c(c3ccccc3c3ccc(-c4ccc5c(c4)c4ccccc4n5-c4cc(-c5ccccc5)cc(-c5ccccc5)c4)cc23)CC1. The van der Waals surface area contributed by atoms with Crippen molar-refractivity contribution in [1.82, 2.24) is 4.57 Å². The monoisotopic (exact) mass is 623 g/mol. The van der Waals surface area contributed by atoms with Crippen LogP contribution in [-0.2, 0) is 6.42 Å². The van der Waals surface area contributed by atoms with Gasteiger partial charge in [0.1, 0.15) is 0 Å². The number of fused-ring (bicyclic) bond motifs is 9. The molecule has 0 radical (unpaired) electrons. The van der Waals surface area contributed by atoms with Crippen molar-refractivity contribution in [1.29, 1.82) is 0 Å². The van der Waals surface area contributed by atoms with E-state index in [-0.39, 0.29) is 0 Å². The highest BCUT2D eigenvalue weighted by Crippen LogP contribution is 2.41. The molecule has 0 saturated heterocycles. The number of allylic oxidation sites excluding steroid dienone is 1. The van der Waals surface area contributed by atoms with E-state index in [1.54, 1.807) is 0 Å². The smallest absolute Gasteiger partial charge is 0.0541 e. The molecule has 49 heavy (non-hydrogen) atoms. The Bertz CT molecular complexity index is 2690. The van der Waals surface area contributed by atoms with Gasteiger partial charge in [-0.2, -0.15) is 0 Å². The van der Waals surface area contributed by atoms with Crippen molar-refractivity contribution in [2.45, 2.75) is 12.8 Å². The molecule has 0 spiro atoms. The molecule has 10 rings (SSSR count). The van der Waals surface area contributed by atoms with Crippen molar-refractivity contribution in [3.63, 3.8) is 0 Å². The quantitative estimate of drug-likeness (QED) is 0.172. The van der Waals surface area contributed by atoms with Crippen LogP contribution in [0.1, 0.15) is 17.5 Å². The van der Waals surface area contributed by atoms with E-state index in [1.807, 2.05) is 0 Å². The van der Waals surface area contributed by atoms with Crippen LogP contribution >= 0.6 is 0 Å². The van der Waals surface area contributed by atoms with Crippen molar-refractivity contribution >= 4 is 49.4 Å². The van der Waals surface area contributed by atoms with Crippen molar-refractivity contribution in [3.8, 4) is 39.1 Å². The third kappa shape index (κ3) is 4.54. The Morgan fingerprint density at radius 1 is 0.367 bits per heavy atom. The summed E-state index contributed by atoms with van der Waals surface area (Å²) in [4.78, 5) is 0. The van der Waals surface area contributed by atoms with Gasteiger partial charge in [0, 0.05) is 16.5 Å². The topological polar surface area (TPSA) is 4.93 Å². The first-order valence-corrected chi connectivity index (χ1v) is 17.2. The molecule has 1 heteroatoms. The summed E-state index contributed by atoms with van der Waals surface area (Å²) in [5.74, 6) is 0. The fourth-order valence-electron chi connectivity index (χ4n) is 8.12. The maximum atomic E-state index is 2.45. The zero-order valence-electron chi connectivity index (χ0n) is 27.1. The zero-order valence-corrected chi connectivity index (χ0v) is 27.1. The summed E-state index contributed by atoms with van der Waals surface area (Å²) in [7, 11) is 0. The van der Waals surface area contributed by atoms with Gasteiger partial charge >= 0.3 is 0 Å². The molecule has 230 valence electrons. The van der Waals surface area contributed by atoms with Crippen molar-refractivity contribution in [2.24, 2.45) is 0 Å². The van der Waals surface area contributed by atoms with E-state index in [1.165, 1.54) is 87.9 Å². The van der Waals surface area contributed by atoms with Crippen molar-refractivity contribution < 1.29 is 0 Å². The van der Waals surface area contributed by atoms with Crippen molar-refractivity contribution in [2.75, 3.05) is 0 Å². The Hall–Kier alpha value is -6.18. The fourth-order valence-corrected chi connectivity index (χ4v) is 8.12. The minimum Gasteiger partial charge on any atom is -0.309 e. The largest absolute Gasteiger partial charge is 0.309 e. The van der Waals surface area contributed by atoms with E-state index in [0.717, 1.165) is 18.5 Å². The lowest BCUT2D eigenvalue weighted by atomic mass is 9.85. The lowest BCUT2D eigenvalue weighted by Crippen LogP contribution is -1.98. The van der Waals surface area contributed by atoms with Gasteiger partial charge in [0.15, 0.2) is 0 Å². The molecular formula is C48H33N. The lowest BCUT2D eigenvalue weighted by Gasteiger charge is -2.18. The first-order chi connectivity index (χ1) is 24.3. The predicted molar refractivity (Wildman–Crippen MR) is 209 cm³/mol. The molecule has 1 nitrogen and oxygen atoms in total.